The van der Waals surface area contributed by atoms with Crippen LogP contribution in [0.4, 0.5) is 0 Å². The summed E-state index contributed by atoms with van der Waals surface area (Å²) in [6.45, 7) is 6.37. The number of hydrogen-bond donors (Lipinski definition) is 1. The second kappa shape index (κ2) is 6.37. The van der Waals surface area contributed by atoms with E-state index in [4.69, 9.17) is 9.47 Å². The van der Waals surface area contributed by atoms with E-state index in [0.717, 1.165) is 24.5 Å². The Morgan fingerprint density at radius 2 is 2.16 bits per heavy atom. The highest BCUT2D eigenvalue weighted by Gasteiger charge is 2.26. The predicted octanol–water partition coefficient (Wildman–Crippen LogP) is 1.84. The Labute approximate surface area is 114 Å². The summed E-state index contributed by atoms with van der Waals surface area (Å²) < 4.78 is 10.9. The first kappa shape index (κ1) is 14.3. The Balaban J connectivity index is 2.05. The molecule has 0 aromatic heterocycles. The van der Waals surface area contributed by atoms with Crippen molar-refractivity contribution in [3.63, 3.8) is 0 Å². The average molecular weight is 265 g/mol. The van der Waals surface area contributed by atoms with E-state index in [1.165, 1.54) is 0 Å². The van der Waals surface area contributed by atoms with Crippen LogP contribution < -0.4 is 4.74 Å². The molecule has 0 radical (unpaired) electrons. The number of aliphatic hydroxyl groups is 1. The molecule has 1 heterocycles. The van der Waals surface area contributed by atoms with Gasteiger partial charge in [0.2, 0.25) is 0 Å². The zero-order valence-electron chi connectivity index (χ0n) is 11.9. The van der Waals surface area contributed by atoms with Crippen LogP contribution in [0.1, 0.15) is 25.5 Å². The van der Waals surface area contributed by atoms with Gasteiger partial charge in [0.1, 0.15) is 5.75 Å². The summed E-state index contributed by atoms with van der Waals surface area (Å²) in [5, 5.41) is 10.4. The van der Waals surface area contributed by atoms with Crippen molar-refractivity contribution < 1.29 is 14.6 Å². The molecule has 0 bridgehead atoms. The minimum Gasteiger partial charge on any atom is -0.496 e. The Morgan fingerprint density at radius 3 is 2.89 bits per heavy atom. The molecule has 4 heteroatoms. The molecule has 1 aromatic carbocycles. The number of morpholine rings is 1. The maximum Gasteiger partial charge on any atom is 0.124 e. The van der Waals surface area contributed by atoms with Crippen LogP contribution in [-0.4, -0.2) is 49.0 Å². The topological polar surface area (TPSA) is 41.9 Å². The van der Waals surface area contributed by atoms with E-state index in [-0.39, 0.29) is 6.10 Å². The van der Waals surface area contributed by atoms with Crippen molar-refractivity contribution in [2.75, 3.05) is 26.8 Å². The predicted molar refractivity (Wildman–Crippen MR) is 74.4 cm³/mol. The maximum absolute atomic E-state index is 10.4. The van der Waals surface area contributed by atoms with Gasteiger partial charge >= 0.3 is 0 Å². The largest absolute Gasteiger partial charge is 0.496 e. The quantitative estimate of drug-likeness (QED) is 0.902. The molecule has 19 heavy (non-hydrogen) atoms. The van der Waals surface area contributed by atoms with Gasteiger partial charge in [-0.3, -0.25) is 4.90 Å². The van der Waals surface area contributed by atoms with Crippen LogP contribution in [0.25, 0.3) is 0 Å². The minimum atomic E-state index is -0.538. The van der Waals surface area contributed by atoms with Crippen LogP contribution in [0, 0.1) is 0 Å². The van der Waals surface area contributed by atoms with Crippen LogP contribution in [-0.2, 0) is 4.74 Å². The lowest BCUT2D eigenvalue weighted by Crippen LogP contribution is -2.48. The van der Waals surface area contributed by atoms with Gasteiger partial charge in [-0.2, -0.15) is 0 Å². The van der Waals surface area contributed by atoms with Crippen molar-refractivity contribution in [1.29, 1.82) is 0 Å². The van der Waals surface area contributed by atoms with Crippen molar-refractivity contribution in [2.24, 2.45) is 0 Å². The van der Waals surface area contributed by atoms with Crippen molar-refractivity contribution in [3.05, 3.63) is 29.8 Å². The van der Waals surface area contributed by atoms with Crippen LogP contribution in [0.5, 0.6) is 5.75 Å². The molecule has 106 valence electrons. The molecule has 3 atom stereocenters. The maximum atomic E-state index is 10.4. The second-order valence-corrected chi connectivity index (χ2v) is 5.20. The third-order valence-corrected chi connectivity index (χ3v) is 3.64. The lowest BCUT2D eigenvalue weighted by atomic mass is 10.1. The van der Waals surface area contributed by atoms with Gasteiger partial charge in [-0.25, -0.2) is 0 Å². The van der Waals surface area contributed by atoms with Crippen molar-refractivity contribution >= 4 is 0 Å². The number of ether oxygens (including phenoxy) is 2. The van der Waals surface area contributed by atoms with Crippen LogP contribution in [0.2, 0.25) is 0 Å². The minimum absolute atomic E-state index is 0.223. The molecule has 0 amide bonds. The van der Waals surface area contributed by atoms with E-state index in [9.17, 15) is 5.11 Å². The summed E-state index contributed by atoms with van der Waals surface area (Å²) in [4.78, 5) is 2.27. The molecule has 3 unspecified atom stereocenters. The monoisotopic (exact) mass is 265 g/mol. The Bertz CT molecular complexity index is 410. The molecule has 1 aromatic rings. The van der Waals surface area contributed by atoms with E-state index in [0.29, 0.717) is 12.6 Å². The molecule has 0 aliphatic carbocycles. The van der Waals surface area contributed by atoms with Gasteiger partial charge in [0, 0.05) is 24.7 Å². The number of β-amino-alcohol motifs (C(OH)–C–C–N with tert-alkyl or cyclic N) is 1. The van der Waals surface area contributed by atoms with Crippen LogP contribution in [0.3, 0.4) is 0 Å². The molecule has 2 rings (SSSR count). The molecule has 0 spiro atoms. The number of aliphatic hydroxyl groups excluding tert-OH is 1. The first-order chi connectivity index (χ1) is 9.11. The molecule has 1 aliphatic heterocycles. The Hall–Kier alpha value is -1.10. The smallest absolute Gasteiger partial charge is 0.124 e. The van der Waals surface area contributed by atoms with Gasteiger partial charge in [0.05, 0.1) is 25.9 Å². The molecule has 1 aliphatic rings. The van der Waals surface area contributed by atoms with Crippen molar-refractivity contribution in [2.45, 2.75) is 32.1 Å². The lowest BCUT2D eigenvalue weighted by Gasteiger charge is -2.37. The van der Waals surface area contributed by atoms with Gasteiger partial charge in [-0.05, 0) is 19.9 Å². The molecule has 4 nitrogen and oxygen atoms in total. The summed E-state index contributed by atoms with van der Waals surface area (Å²) in [5.74, 6) is 0.740. The highest BCUT2D eigenvalue weighted by molar-refractivity contribution is 5.35. The average Bonchev–Trinajstić information content (AvgIpc) is 2.42. The number of nitrogens with zero attached hydrogens (tertiary/aromatic N) is 1. The van der Waals surface area contributed by atoms with Crippen LogP contribution >= 0.6 is 0 Å². The molecule has 1 fully saturated rings. The first-order valence-corrected chi connectivity index (χ1v) is 6.78. The fraction of sp³-hybridized carbons (Fsp3) is 0.600. The summed E-state index contributed by atoms with van der Waals surface area (Å²) in [6, 6.07) is 7.96. The number of methoxy groups -OCH3 is 1. The third-order valence-electron chi connectivity index (χ3n) is 3.64. The first-order valence-electron chi connectivity index (χ1n) is 6.78. The fourth-order valence-electron chi connectivity index (χ4n) is 2.49. The van der Waals surface area contributed by atoms with Gasteiger partial charge in [-0.1, -0.05) is 18.2 Å². The molecule has 0 saturated carbocycles. The molecular weight excluding hydrogens is 242 g/mol. The summed E-state index contributed by atoms with van der Waals surface area (Å²) in [5.41, 5.74) is 0.844. The standard InChI is InChI=1S/C15H23NO3/c1-11-10-19-12(2)8-16(11)9-14(17)13-6-4-5-7-15(13)18-3/h4-7,11-12,14,17H,8-10H2,1-3H3. The van der Waals surface area contributed by atoms with E-state index < -0.39 is 6.10 Å². The Morgan fingerprint density at radius 1 is 1.42 bits per heavy atom. The zero-order valence-corrected chi connectivity index (χ0v) is 11.9. The molecule has 1 saturated heterocycles. The highest BCUT2D eigenvalue weighted by atomic mass is 16.5. The zero-order chi connectivity index (χ0) is 13.8. The fourth-order valence-corrected chi connectivity index (χ4v) is 2.49. The van der Waals surface area contributed by atoms with Gasteiger partial charge < -0.3 is 14.6 Å². The molecule has 1 N–H and O–H groups in total. The van der Waals surface area contributed by atoms with Gasteiger partial charge in [-0.15, -0.1) is 0 Å². The second-order valence-electron chi connectivity index (χ2n) is 5.20. The lowest BCUT2D eigenvalue weighted by molar-refractivity contribution is -0.0621. The van der Waals surface area contributed by atoms with E-state index in [2.05, 4.69) is 18.7 Å². The van der Waals surface area contributed by atoms with Gasteiger partial charge in [0.15, 0.2) is 0 Å². The Kier molecular flexibility index (Phi) is 4.80. The van der Waals surface area contributed by atoms with Gasteiger partial charge in [0.25, 0.3) is 0 Å². The van der Waals surface area contributed by atoms with Crippen molar-refractivity contribution in [1.82, 2.24) is 4.90 Å². The van der Waals surface area contributed by atoms with Crippen molar-refractivity contribution in [3.8, 4) is 5.75 Å². The number of para-hydroxylation sites is 1. The molecular formula is C15H23NO3. The van der Waals surface area contributed by atoms with E-state index in [1.807, 2.05) is 24.3 Å². The normalized spacial score (nSPS) is 26.1. The van der Waals surface area contributed by atoms with E-state index in [1.54, 1.807) is 7.11 Å². The van der Waals surface area contributed by atoms with Crippen LogP contribution in [0.15, 0.2) is 24.3 Å². The highest BCUT2D eigenvalue weighted by Crippen LogP contribution is 2.26. The van der Waals surface area contributed by atoms with E-state index >= 15 is 0 Å². The number of rotatable bonds is 4. The summed E-state index contributed by atoms with van der Waals surface area (Å²) in [7, 11) is 1.63. The summed E-state index contributed by atoms with van der Waals surface area (Å²) in [6.07, 6.45) is -0.315. The number of benzene rings is 1. The summed E-state index contributed by atoms with van der Waals surface area (Å²) >= 11 is 0. The SMILES string of the molecule is COc1ccccc1C(O)CN1CC(C)OCC1C. The third kappa shape index (κ3) is 3.47. The number of hydrogen-bond acceptors (Lipinski definition) is 4.